The molecule has 5 rings (SSSR count). The number of benzene rings is 3. The zero-order valence-electron chi connectivity index (χ0n) is 24.6. The fraction of sp³-hybridized carbons (Fsp3) is 0.200. The summed E-state index contributed by atoms with van der Waals surface area (Å²) >= 11 is 0. The molecule has 0 aliphatic carbocycles. The Balaban J connectivity index is 1.61. The highest BCUT2D eigenvalue weighted by Gasteiger charge is 2.35. The van der Waals surface area contributed by atoms with Crippen molar-refractivity contribution >= 4 is 17.9 Å². The van der Waals surface area contributed by atoms with Gasteiger partial charge in [-0.1, -0.05) is 37.3 Å². The lowest BCUT2D eigenvalue weighted by Gasteiger charge is -2.27. The van der Waals surface area contributed by atoms with Gasteiger partial charge in [0.15, 0.2) is 0 Å². The molecule has 0 spiro atoms. The molecule has 3 aromatic carbocycles. The summed E-state index contributed by atoms with van der Waals surface area (Å²) in [5.74, 6) is 0.379. The van der Waals surface area contributed by atoms with E-state index in [9.17, 15) is 14.9 Å². The van der Waals surface area contributed by atoms with E-state index in [4.69, 9.17) is 14.6 Å². The SMILES string of the molecule is CCCOc1ccc(-c2nn(-c3ccccc3)cc2/C=C2/C(=O)N(Cc3ccc(OC)cc3)C(=O)C(C#N)=C2C)cc1C. The number of ether oxygens (including phenoxy) is 2. The Kier molecular flexibility index (Phi) is 8.54. The second-order valence-corrected chi connectivity index (χ2v) is 10.3. The minimum absolute atomic E-state index is 0.0199. The Morgan fingerprint density at radius 3 is 2.37 bits per heavy atom. The number of carbonyl (C=O) groups is 2. The Hall–Kier alpha value is -5.42. The molecule has 0 radical (unpaired) electrons. The van der Waals surface area contributed by atoms with Crippen LogP contribution in [-0.4, -0.2) is 40.2 Å². The number of nitrogens with zero attached hydrogens (tertiary/aromatic N) is 4. The fourth-order valence-electron chi connectivity index (χ4n) is 4.94. The molecule has 1 aromatic heterocycles. The molecule has 43 heavy (non-hydrogen) atoms. The van der Waals surface area contributed by atoms with Crippen molar-refractivity contribution in [3.05, 3.63) is 112 Å². The molecule has 0 bridgehead atoms. The lowest BCUT2D eigenvalue weighted by atomic mass is 9.93. The van der Waals surface area contributed by atoms with Gasteiger partial charge >= 0.3 is 0 Å². The van der Waals surface area contributed by atoms with Crippen molar-refractivity contribution in [2.45, 2.75) is 33.7 Å². The van der Waals surface area contributed by atoms with Gasteiger partial charge in [0.05, 0.1) is 31.6 Å². The van der Waals surface area contributed by atoms with Crippen LogP contribution in [0.1, 0.15) is 37.0 Å². The zero-order chi connectivity index (χ0) is 30.5. The predicted octanol–water partition coefficient (Wildman–Crippen LogP) is 6.44. The monoisotopic (exact) mass is 572 g/mol. The van der Waals surface area contributed by atoms with Gasteiger partial charge in [-0.25, -0.2) is 4.68 Å². The van der Waals surface area contributed by atoms with Crippen molar-refractivity contribution in [1.29, 1.82) is 5.26 Å². The number of amides is 2. The van der Waals surface area contributed by atoms with Crippen molar-refractivity contribution in [3.8, 4) is 34.5 Å². The van der Waals surface area contributed by atoms with E-state index < -0.39 is 11.8 Å². The lowest BCUT2D eigenvalue weighted by Crippen LogP contribution is -2.42. The van der Waals surface area contributed by atoms with Crippen LogP contribution in [0.2, 0.25) is 0 Å². The van der Waals surface area contributed by atoms with E-state index in [1.807, 2.05) is 67.7 Å². The predicted molar refractivity (Wildman–Crippen MR) is 164 cm³/mol. The quantitative estimate of drug-likeness (QED) is 0.169. The van der Waals surface area contributed by atoms with Crippen molar-refractivity contribution in [2.24, 2.45) is 0 Å². The zero-order valence-corrected chi connectivity index (χ0v) is 24.6. The van der Waals surface area contributed by atoms with Gasteiger partial charge in [-0.2, -0.15) is 10.4 Å². The number of nitriles is 1. The van der Waals surface area contributed by atoms with Gasteiger partial charge < -0.3 is 9.47 Å². The molecule has 8 nitrogen and oxygen atoms in total. The first-order valence-electron chi connectivity index (χ1n) is 14.1. The topological polar surface area (TPSA) is 97.4 Å². The van der Waals surface area contributed by atoms with Crippen LogP contribution in [-0.2, 0) is 16.1 Å². The van der Waals surface area contributed by atoms with Gasteiger partial charge in [-0.3, -0.25) is 14.5 Å². The van der Waals surface area contributed by atoms with E-state index in [2.05, 4.69) is 6.92 Å². The minimum Gasteiger partial charge on any atom is -0.497 e. The minimum atomic E-state index is -0.614. The molecule has 0 saturated heterocycles. The van der Waals surface area contributed by atoms with Crippen LogP contribution in [0.15, 0.2) is 95.7 Å². The van der Waals surface area contributed by atoms with Crippen LogP contribution in [0.5, 0.6) is 11.5 Å². The van der Waals surface area contributed by atoms with E-state index in [0.29, 0.717) is 29.2 Å². The average molecular weight is 573 g/mol. The number of carbonyl (C=O) groups excluding carboxylic acids is 2. The summed E-state index contributed by atoms with van der Waals surface area (Å²) < 4.78 is 12.9. The first-order valence-corrected chi connectivity index (χ1v) is 14.1. The normalized spacial score (nSPS) is 14.3. The highest BCUT2D eigenvalue weighted by atomic mass is 16.5. The van der Waals surface area contributed by atoms with Crippen LogP contribution in [0, 0.1) is 18.3 Å². The van der Waals surface area contributed by atoms with Crippen LogP contribution >= 0.6 is 0 Å². The van der Waals surface area contributed by atoms with Crippen molar-refractivity contribution in [3.63, 3.8) is 0 Å². The standard InChI is InChI=1S/C35H32N4O4/c1-5-17-43-32-16-13-26(18-23(32)2)33-27(22-39(37-33)28-9-7-6-8-10-28)19-30-24(3)31(20-36)35(41)38(34(30)40)21-25-11-14-29(42-4)15-12-25/h6-16,18-19,22H,5,17,21H2,1-4H3/b30-19+. The number of imide groups is 1. The molecule has 1 aliphatic heterocycles. The largest absolute Gasteiger partial charge is 0.497 e. The number of para-hydroxylation sites is 1. The van der Waals surface area contributed by atoms with E-state index in [-0.39, 0.29) is 17.7 Å². The maximum Gasteiger partial charge on any atom is 0.271 e. The van der Waals surface area contributed by atoms with E-state index in [1.54, 1.807) is 49.1 Å². The molecule has 216 valence electrons. The molecule has 0 N–H and O–H groups in total. The van der Waals surface area contributed by atoms with Crippen LogP contribution < -0.4 is 9.47 Å². The van der Waals surface area contributed by atoms with Gasteiger partial charge in [-0.05, 0) is 85.5 Å². The van der Waals surface area contributed by atoms with Gasteiger partial charge in [-0.15, -0.1) is 0 Å². The molecule has 0 atom stereocenters. The summed E-state index contributed by atoms with van der Waals surface area (Å²) in [5, 5.41) is 14.8. The molecule has 0 fully saturated rings. The summed E-state index contributed by atoms with van der Waals surface area (Å²) in [4.78, 5) is 28.3. The van der Waals surface area contributed by atoms with Gasteiger partial charge in [0.25, 0.3) is 11.8 Å². The molecular weight excluding hydrogens is 540 g/mol. The summed E-state index contributed by atoms with van der Waals surface area (Å²) in [5.41, 5.74) is 5.25. The summed E-state index contributed by atoms with van der Waals surface area (Å²) in [6.07, 6.45) is 4.48. The lowest BCUT2D eigenvalue weighted by molar-refractivity contribution is -0.141. The third-order valence-corrected chi connectivity index (χ3v) is 7.30. The Morgan fingerprint density at radius 1 is 0.977 bits per heavy atom. The number of hydrogen-bond acceptors (Lipinski definition) is 6. The van der Waals surface area contributed by atoms with Crippen molar-refractivity contribution in [1.82, 2.24) is 14.7 Å². The van der Waals surface area contributed by atoms with E-state index >= 15 is 0 Å². The Morgan fingerprint density at radius 2 is 1.72 bits per heavy atom. The molecular formula is C35H32N4O4. The summed E-state index contributed by atoms with van der Waals surface area (Å²) in [6.45, 7) is 6.33. The molecule has 1 aliphatic rings. The van der Waals surface area contributed by atoms with Gasteiger partial charge in [0.1, 0.15) is 23.1 Å². The van der Waals surface area contributed by atoms with Crippen molar-refractivity contribution in [2.75, 3.05) is 13.7 Å². The van der Waals surface area contributed by atoms with Gasteiger partial charge in [0, 0.05) is 22.9 Å². The maximum absolute atomic E-state index is 13.9. The number of aromatic nitrogens is 2. The van der Waals surface area contributed by atoms with Gasteiger partial charge in [0.2, 0.25) is 0 Å². The third kappa shape index (κ3) is 5.97. The first kappa shape index (κ1) is 29.1. The van der Waals surface area contributed by atoms with Crippen molar-refractivity contribution < 1.29 is 19.1 Å². The maximum atomic E-state index is 13.9. The first-order chi connectivity index (χ1) is 20.8. The Bertz CT molecular complexity index is 1780. The van der Waals surface area contributed by atoms with E-state index in [0.717, 1.165) is 39.4 Å². The molecule has 4 aromatic rings. The molecule has 2 amide bonds. The second kappa shape index (κ2) is 12.6. The third-order valence-electron chi connectivity index (χ3n) is 7.30. The number of aryl methyl sites for hydroxylation is 1. The Labute approximate surface area is 251 Å². The summed E-state index contributed by atoms with van der Waals surface area (Å²) in [6, 6.07) is 24.7. The molecule has 8 heteroatoms. The highest BCUT2D eigenvalue weighted by Crippen LogP contribution is 2.33. The number of methoxy groups -OCH3 is 1. The fourth-order valence-corrected chi connectivity index (χ4v) is 4.94. The molecule has 2 heterocycles. The van der Waals surface area contributed by atoms with Crippen LogP contribution in [0.3, 0.4) is 0 Å². The molecule has 0 unspecified atom stereocenters. The highest BCUT2D eigenvalue weighted by molar-refractivity contribution is 6.19. The summed E-state index contributed by atoms with van der Waals surface area (Å²) in [7, 11) is 1.57. The van der Waals surface area contributed by atoms with E-state index in [1.165, 1.54) is 0 Å². The number of rotatable bonds is 9. The average Bonchev–Trinajstić information content (AvgIpc) is 3.46. The number of hydrogen-bond donors (Lipinski definition) is 0. The molecule has 0 saturated carbocycles. The van der Waals surface area contributed by atoms with Crippen LogP contribution in [0.25, 0.3) is 23.0 Å². The smallest absolute Gasteiger partial charge is 0.271 e. The van der Waals surface area contributed by atoms with Crippen LogP contribution in [0.4, 0.5) is 0 Å². The second-order valence-electron chi connectivity index (χ2n) is 10.3.